The van der Waals surface area contributed by atoms with E-state index in [0.29, 0.717) is 37.4 Å². The molecule has 1 N–H and O–H groups in total. The predicted octanol–water partition coefficient (Wildman–Crippen LogP) is 3.06. The first kappa shape index (κ1) is 22.3. The molecule has 1 aromatic carbocycles. The molecule has 8 heteroatoms. The van der Waals surface area contributed by atoms with Crippen molar-refractivity contribution in [2.24, 2.45) is 0 Å². The first-order valence-electron chi connectivity index (χ1n) is 11.1. The maximum atomic E-state index is 13.5. The van der Waals surface area contributed by atoms with Gasteiger partial charge in [-0.15, -0.1) is 11.3 Å². The molecule has 1 aromatic heterocycles. The van der Waals surface area contributed by atoms with Crippen molar-refractivity contribution in [3.8, 4) is 5.75 Å². The number of likely N-dealkylation sites (tertiary alicyclic amines) is 2. The normalized spacial score (nSPS) is 20.8. The summed E-state index contributed by atoms with van der Waals surface area (Å²) in [6.07, 6.45) is 3.87. The average Bonchev–Trinajstić information content (AvgIpc) is 3.54. The second kappa shape index (κ2) is 10.2. The fourth-order valence-electron chi connectivity index (χ4n) is 4.56. The molecule has 7 nitrogen and oxygen atoms in total. The largest absolute Gasteiger partial charge is 0.497 e. The molecule has 2 fully saturated rings. The van der Waals surface area contributed by atoms with E-state index in [1.807, 2.05) is 35.7 Å². The third-order valence-corrected chi connectivity index (χ3v) is 7.08. The van der Waals surface area contributed by atoms with Crippen LogP contribution < -0.4 is 10.1 Å². The molecule has 3 heterocycles. The smallest absolute Gasteiger partial charge is 0.264 e. The van der Waals surface area contributed by atoms with Gasteiger partial charge in [0.2, 0.25) is 11.8 Å². The maximum absolute atomic E-state index is 13.5. The van der Waals surface area contributed by atoms with Gasteiger partial charge in [0.05, 0.1) is 12.0 Å². The summed E-state index contributed by atoms with van der Waals surface area (Å²) >= 11 is 1.39. The highest BCUT2D eigenvalue weighted by Gasteiger charge is 2.41. The van der Waals surface area contributed by atoms with Crippen LogP contribution in [0.15, 0.2) is 41.8 Å². The summed E-state index contributed by atoms with van der Waals surface area (Å²) < 4.78 is 5.24. The molecular weight excluding hydrogens is 426 g/mol. The van der Waals surface area contributed by atoms with Crippen LogP contribution in [0.25, 0.3) is 0 Å². The molecule has 0 radical (unpaired) electrons. The Morgan fingerprint density at radius 1 is 1.03 bits per heavy atom. The van der Waals surface area contributed by atoms with Crippen molar-refractivity contribution in [2.45, 2.75) is 50.7 Å². The summed E-state index contributed by atoms with van der Waals surface area (Å²) in [7, 11) is 1.61. The lowest BCUT2D eigenvalue weighted by molar-refractivity contribution is -0.142. The van der Waals surface area contributed by atoms with Crippen molar-refractivity contribution >= 4 is 29.1 Å². The number of carbonyl (C=O) groups excluding carboxylic acids is 3. The van der Waals surface area contributed by atoms with Crippen LogP contribution in [0.4, 0.5) is 0 Å². The molecule has 0 saturated carbocycles. The van der Waals surface area contributed by atoms with Crippen LogP contribution in [0.1, 0.15) is 47.3 Å². The number of amides is 3. The number of thiophene rings is 1. The topological polar surface area (TPSA) is 79.0 Å². The number of benzene rings is 1. The Morgan fingerprint density at radius 3 is 2.62 bits per heavy atom. The molecular formula is C24H29N3O4S. The number of rotatable bonds is 6. The zero-order valence-electron chi connectivity index (χ0n) is 18.3. The van der Waals surface area contributed by atoms with Crippen LogP contribution in [0.2, 0.25) is 0 Å². The molecule has 0 unspecified atom stereocenters. The van der Waals surface area contributed by atoms with Gasteiger partial charge in [-0.1, -0.05) is 18.2 Å². The minimum Gasteiger partial charge on any atom is -0.497 e. The van der Waals surface area contributed by atoms with Crippen LogP contribution in [-0.2, 0) is 16.1 Å². The molecule has 2 atom stereocenters. The van der Waals surface area contributed by atoms with Gasteiger partial charge in [-0.3, -0.25) is 14.4 Å². The molecule has 0 spiro atoms. The molecule has 3 amide bonds. The zero-order valence-corrected chi connectivity index (χ0v) is 19.1. The van der Waals surface area contributed by atoms with E-state index in [2.05, 4.69) is 5.32 Å². The zero-order chi connectivity index (χ0) is 22.5. The highest BCUT2D eigenvalue weighted by Crippen LogP contribution is 2.27. The highest BCUT2D eigenvalue weighted by molar-refractivity contribution is 7.12. The lowest BCUT2D eigenvalue weighted by atomic mass is 10.00. The van der Waals surface area contributed by atoms with Gasteiger partial charge in [-0.2, -0.15) is 0 Å². The van der Waals surface area contributed by atoms with Crippen molar-refractivity contribution in [3.05, 3.63) is 52.2 Å². The Morgan fingerprint density at radius 2 is 1.84 bits per heavy atom. The van der Waals surface area contributed by atoms with Crippen molar-refractivity contribution < 1.29 is 19.1 Å². The molecule has 2 saturated heterocycles. The van der Waals surface area contributed by atoms with Crippen LogP contribution in [0.3, 0.4) is 0 Å². The van der Waals surface area contributed by atoms with Crippen molar-refractivity contribution in [3.63, 3.8) is 0 Å². The first-order valence-corrected chi connectivity index (χ1v) is 12.0. The van der Waals surface area contributed by atoms with Gasteiger partial charge in [-0.05, 0) is 61.2 Å². The molecule has 0 aliphatic carbocycles. The van der Waals surface area contributed by atoms with Gasteiger partial charge in [0.1, 0.15) is 17.8 Å². The van der Waals surface area contributed by atoms with Gasteiger partial charge >= 0.3 is 0 Å². The van der Waals surface area contributed by atoms with Gasteiger partial charge in [0, 0.05) is 19.6 Å². The van der Waals surface area contributed by atoms with Crippen LogP contribution in [0.5, 0.6) is 5.75 Å². The van der Waals surface area contributed by atoms with Crippen molar-refractivity contribution in [1.82, 2.24) is 15.1 Å². The quantitative estimate of drug-likeness (QED) is 0.726. The molecule has 32 heavy (non-hydrogen) atoms. The lowest BCUT2D eigenvalue weighted by Gasteiger charge is -2.37. The fraction of sp³-hybridized carbons (Fsp3) is 0.458. The third kappa shape index (κ3) is 4.80. The molecule has 4 rings (SSSR count). The molecule has 170 valence electrons. The molecule has 2 aliphatic rings. The number of nitrogens with one attached hydrogen (secondary N) is 1. The van der Waals surface area contributed by atoms with E-state index in [0.717, 1.165) is 30.6 Å². The van der Waals surface area contributed by atoms with Gasteiger partial charge < -0.3 is 19.9 Å². The number of hydrogen-bond donors (Lipinski definition) is 1. The van der Waals surface area contributed by atoms with E-state index in [-0.39, 0.29) is 17.7 Å². The maximum Gasteiger partial charge on any atom is 0.264 e. The summed E-state index contributed by atoms with van der Waals surface area (Å²) in [5, 5.41) is 4.84. The minimum atomic E-state index is -0.495. The van der Waals surface area contributed by atoms with Gasteiger partial charge in [0.15, 0.2) is 0 Å². The second-order valence-corrected chi connectivity index (χ2v) is 9.19. The Hall–Kier alpha value is -2.87. The summed E-state index contributed by atoms with van der Waals surface area (Å²) in [6, 6.07) is 10.2. The Balaban J connectivity index is 1.42. The van der Waals surface area contributed by atoms with Gasteiger partial charge in [0.25, 0.3) is 5.91 Å². The van der Waals surface area contributed by atoms with Crippen LogP contribution >= 0.6 is 11.3 Å². The Labute approximate surface area is 192 Å². The number of piperidine rings is 1. The molecule has 0 bridgehead atoms. The second-order valence-electron chi connectivity index (χ2n) is 8.25. The number of methoxy groups -OCH3 is 1. The summed E-state index contributed by atoms with van der Waals surface area (Å²) in [5.74, 6) is 0.401. The first-order chi connectivity index (χ1) is 15.6. The summed E-state index contributed by atoms with van der Waals surface area (Å²) in [6.45, 7) is 1.50. The third-order valence-electron chi connectivity index (χ3n) is 6.22. The number of nitrogens with zero attached hydrogens (tertiary/aromatic N) is 2. The standard InChI is InChI=1S/C24H29N3O4S/c1-31-18-8-4-7-17(15-18)16-25-22(28)19-10-5-13-26(19)23(29)20-9-2-3-12-27(20)24(30)21-11-6-14-32-21/h4,6-8,11,14-15,19-20H,2-3,5,9-10,12-13,16H2,1H3,(H,25,28)/t19-,20+/m0/s1. The predicted molar refractivity (Wildman–Crippen MR) is 123 cm³/mol. The lowest BCUT2D eigenvalue weighted by Crippen LogP contribution is -2.56. The van der Waals surface area contributed by atoms with Crippen molar-refractivity contribution in [2.75, 3.05) is 20.2 Å². The van der Waals surface area contributed by atoms with E-state index in [4.69, 9.17) is 4.74 Å². The Bertz CT molecular complexity index is 962. The summed E-state index contributed by atoms with van der Waals surface area (Å²) in [5.41, 5.74) is 0.938. The van der Waals surface area contributed by atoms with E-state index in [1.54, 1.807) is 23.0 Å². The van der Waals surface area contributed by atoms with E-state index < -0.39 is 12.1 Å². The fourth-order valence-corrected chi connectivity index (χ4v) is 5.24. The van der Waals surface area contributed by atoms with Crippen LogP contribution in [0, 0.1) is 0 Å². The van der Waals surface area contributed by atoms with Crippen LogP contribution in [-0.4, -0.2) is 59.8 Å². The molecule has 2 aliphatic heterocycles. The van der Waals surface area contributed by atoms with Gasteiger partial charge in [-0.25, -0.2) is 0 Å². The number of carbonyl (C=O) groups is 3. The summed E-state index contributed by atoms with van der Waals surface area (Å²) in [4.78, 5) is 43.5. The highest BCUT2D eigenvalue weighted by atomic mass is 32.1. The average molecular weight is 456 g/mol. The monoisotopic (exact) mass is 455 g/mol. The van der Waals surface area contributed by atoms with E-state index in [1.165, 1.54) is 11.3 Å². The van der Waals surface area contributed by atoms with E-state index in [9.17, 15) is 14.4 Å². The Kier molecular flexibility index (Phi) is 7.09. The van der Waals surface area contributed by atoms with Crippen molar-refractivity contribution in [1.29, 1.82) is 0 Å². The minimum absolute atomic E-state index is 0.0868. The number of hydrogen-bond acceptors (Lipinski definition) is 5. The van der Waals surface area contributed by atoms with E-state index >= 15 is 0 Å². The molecule has 2 aromatic rings. The SMILES string of the molecule is COc1cccc(CNC(=O)[C@@H]2CCCN2C(=O)[C@H]2CCCCN2C(=O)c2cccs2)c1. The number of ether oxygens (including phenoxy) is 1.